The van der Waals surface area contributed by atoms with Gasteiger partial charge in [0.05, 0.1) is 12.0 Å². The first kappa shape index (κ1) is 16.3. The molecule has 2 saturated carbocycles. The van der Waals surface area contributed by atoms with E-state index in [9.17, 15) is 10.2 Å². The number of allylic oxidation sites excluding steroid dienone is 5. The van der Waals surface area contributed by atoms with Gasteiger partial charge in [-0.15, -0.1) is 0 Å². The Hall–Kier alpha value is -1.18. The van der Waals surface area contributed by atoms with E-state index in [0.717, 1.165) is 30.6 Å². The van der Waals surface area contributed by atoms with Crippen LogP contribution in [0.3, 0.4) is 0 Å². The van der Waals surface area contributed by atoms with E-state index >= 15 is 0 Å². The SMILES string of the molecule is CC(=CO)[C@H]1CC[C@H]2[C@@H]3CC=C4C=C(O)CC[C@]4(C)[C@H]3CC[C@]12C. The van der Waals surface area contributed by atoms with E-state index < -0.39 is 0 Å². The highest BCUT2D eigenvalue weighted by Gasteiger charge is 2.58. The number of rotatable bonds is 1. The molecule has 0 radical (unpaired) electrons. The lowest BCUT2D eigenvalue weighted by atomic mass is 9.48. The summed E-state index contributed by atoms with van der Waals surface area (Å²) >= 11 is 0. The third-order valence-corrected chi connectivity index (χ3v) is 8.50. The molecule has 2 fully saturated rings. The Bertz CT molecular complexity index is 628. The van der Waals surface area contributed by atoms with E-state index in [-0.39, 0.29) is 5.41 Å². The molecule has 0 amide bonds. The fourth-order valence-electron chi connectivity index (χ4n) is 7.15. The number of fused-ring (bicyclic) bond motifs is 5. The molecule has 0 saturated heterocycles. The van der Waals surface area contributed by atoms with Crippen molar-refractivity contribution in [3.05, 3.63) is 35.3 Å². The summed E-state index contributed by atoms with van der Waals surface area (Å²) in [6.07, 6.45) is 14.1. The van der Waals surface area contributed by atoms with Crippen LogP contribution < -0.4 is 0 Å². The molecular weight excluding hydrogens is 296 g/mol. The molecule has 4 aliphatic carbocycles. The predicted octanol–water partition coefficient (Wildman–Crippen LogP) is 6.08. The zero-order valence-electron chi connectivity index (χ0n) is 15.4. The summed E-state index contributed by atoms with van der Waals surface area (Å²) in [7, 11) is 0. The van der Waals surface area contributed by atoms with Crippen LogP contribution in [0.15, 0.2) is 35.3 Å². The summed E-state index contributed by atoms with van der Waals surface area (Å²) in [4.78, 5) is 0. The highest BCUT2D eigenvalue weighted by molar-refractivity contribution is 5.35. The lowest BCUT2D eigenvalue weighted by Crippen LogP contribution is -2.49. The van der Waals surface area contributed by atoms with Crippen LogP contribution in [0.4, 0.5) is 0 Å². The molecule has 0 spiro atoms. The molecule has 2 nitrogen and oxygen atoms in total. The summed E-state index contributed by atoms with van der Waals surface area (Å²) in [5.74, 6) is 3.45. The average Bonchev–Trinajstić information content (AvgIpc) is 2.92. The molecule has 0 aromatic heterocycles. The van der Waals surface area contributed by atoms with Crippen LogP contribution in [-0.2, 0) is 0 Å². The van der Waals surface area contributed by atoms with Crippen LogP contribution >= 0.6 is 0 Å². The zero-order chi connectivity index (χ0) is 17.1. The second-order valence-corrected chi connectivity index (χ2v) is 9.37. The van der Waals surface area contributed by atoms with Gasteiger partial charge in [0.1, 0.15) is 0 Å². The molecule has 0 heterocycles. The van der Waals surface area contributed by atoms with Crippen molar-refractivity contribution in [1.29, 1.82) is 0 Å². The van der Waals surface area contributed by atoms with Crippen molar-refractivity contribution in [2.75, 3.05) is 0 Å². The Balaban J connectivity index is 1.68. The number of aliphatic hydroxyl groups excluding tert-OH is 2. The largest absolute Gasteiger partial charge is 0.516 e. The highest BCUT2D eigenvalue weighted by Crippen LogP contribution is 2.66. The lowest BCUT2D eigenvalue weighted by Gasteiger charge is -2.57. The van der Waals surface area contributed by atoms with Crippen molar-refractivity contribution in [3.8, 4) is 0 Å². The molecule has 4 rings (SSSR count). The van der Waals surface area contributed by atoms with Crippen molar-refractivity contribution in [1.82, 2.24) is 0 Å². The second kappa shape index (κ2) is 5.41. The van der Waals surface area contributed by atoms with Gasteiger partial charge in [-0.25, -0.2) is 0 Å². The van der Waals surface area contributed by atoms with E-state index in [2.05, 4.69) is 32.9 Å². The fourth-order valence-corrected chi connectivity index (χ4v) is 7.15. The lowest BCUT2D eigenvalue weighted by molar-refractivity contribution is -0.0317. The number of aliphatic hydroxyl groups is 2. The molecule has 0 aromatic carbocycles. The van der Waals surface area contributed by atoms with Crippen molar-refractivity contribution >= 4 is 0 Å². The summed E-state index contributed by atoms with van der Waals surface area (Å²) < 4.78 is 0. The fraction of sp³-hybridized carbons (Fsp3) is 0.727. The first-order valence-electron chi connectivity index (χ1n) is 9.81. The van der Waals surface area contributed by atoms with Crippen molar-refractivity contribution in [3.63, 3.8) is 0 Å². The van der Waals surface area contributed by atoms with Crippen LogP contribution in [0.2, 0.25) is 0 Å². The molecule has 6 atom stereocenters. The molecule has 24 heavy (non-hydrogen) atoms. The highest BCUT2D eigenvalue weighted by atomic mass is 16.3. The Morgan fingerprint density at radius 3 is 2.71 bits per heavy atom. The van der Waals surface area contributed by atoms with Crippen LogP contribution in [0.5, 0.6) is 0 Å². The zero-order valence-corrected chi connectivity index (χ0v) is 15.4. The maximum absolute atomic E-state index is 9.96. The predicted molar refractivity (Wildman–Crippen MR) is 97.7 cm³/mol. The molecule has 2 N–H and O–H groups in total. The van der Waals surface area contributed by atoms with Gasteiger partial charge in [-0.3, -0.25) is 0 Å². The second-order valence-electron chi connectivity index (χ2n) is 9.37. The first-order valence-corrected chi connectivity index (χ1v) is 9.81. The summed E-state index contributed by atoms with van der Waals surface area (Å²) in [6.45, 7) is 7.05. The number of hydrogen-bond donors (Lipinski definition) is 2. The van der Waals surface area contributed by atoms with Gasteiger partial charge in [0, 0.05) is 6.42 Å². The van der Waals surface area contributed by atoms with Crippen molar-refractivity contribution in [2.45, 2.75) is 65.7 Å². The normalized spacial score (nSPS) is 48.0. The van der Waals surface area contributed by atoms with Gasteiger partial charge in [0.2, 0.25) is 0 Å². The van der Waals surface area contributed by atoms with Gasteiger partial charge in [0.25, 0.3) is 0 Å². The van der Waals surface area contributed by atoms with E-state index in [4.69, 9.17) is 0 Å². The van der Waals surface area contributed by atoms with Crippen LogP contribution in [0, 0.1) is 34.5 Å². The van der Waals surface area contributed by atoms with Gasteiger partial charge in [-0.1, -0.05) is 19.9 Å². The molecule has 0 aromatic rings. The third-order valence-electron chi connectivity index (χ3n) is 8.50. The number of hydrogen-bond acceptors (Lipinski definition) is 2. The smallest absolute Gasteiger partial charge is 0.0925 e. The van der Waals surface area contributed by atoms with E-state index in [1.807, 2.05) is 0 Å². The Morgan fingerprint density at radius 2 is 1.96 bits per heavy atom. The van der Waals surface area contributed by atoms with Crippen molar-refractivity contribution < 1.29 is 10.2 Å². The third kappa shape index (κ3) is 2.07. The molecule has 4 aliphatic rings. The van der Waals surface area contributed by atoms with Crippen LogP contribution in [-0.4, -0.2) is 10.2 Å². The average molecular weight is 328 g/mol. The van der Waals surface area contributed by atoms with Gasteiger partial charge in [-0.2, -0.15) is 0 Å². The van der Waals surface area contributed by atoms with E-state index in [1.54, 1.807) is 0 Å². The van der Waals surface area contributed by atoms with E-state index in [0.29, 0.717) is 17.1 Å². The molecular formula is C22H32O2. The van der Waals surface area contributed by atoms with Gasteiger partial charge < -0.3 is 10.2 Å². The monoisotopic (exact) mass is 328 g/mol. The molecule has 0 unspecified atom stereocenters. The van der Waals surface area contributed by atoms with Crippen molar-refractivity contribution in [2.24, 2.45) is 34.5 Å². The molecule has 2 heteroatoms. The maximum Gasteiger partial charge on any atom is 0.0925 e. The van der Waals surface area contributed by atoms with E-state index in [1.165, 1.54) is 49.5 Å². The maximum atomic E-state index is 9.96. The Morgan fingerprint density at radius 1 is 1.17 bits per heavy atom. The quantitative estimate of drug-likeness (QED) is 0.573. The van der Waals surface area contributed by atoms with Crippen LogP contribution in [0.25, 0.3) is 0 Å². The van der Waals surface area contributed by atoms with Gasteiger partial charge in [0.15, 0.2) is 0 Å². The Labute approximate surface area is 146 Å². The minimum Gasteiger partial charge on any atom is -0.516 e. The molecule has 0 bridgehead atoms. The molecule has 132 valence electrons. The minimum absolute atomic E-state index is 0.260. The Kier molecular flexibility index (Phi) is 3.67. The first-order chi connectivity index (χ1) is 11.4. The van der Waals surface area contributed by atoms with Gasteiger partial charge in [-0.05, 0) is 97.2 Å². The standard InChI is InChI=1S/C22H32O2/c1-14(13-23)18-6-7-19-17-5-4-15-12-16(24)8-10-21(15,2)20(17)9-11-22(18,19)3/h4,12-13,17-20,23-24H,5-11H2,1-3H3/t17-,18+,19-,20-,21-,22+/m0/s1. The minimum atomic E-state index is 0.260. The van der Waals surface area contributed by atoms with Gasteiger partial charge >= 0.3 is 0 Å². The molecule has 0 aliphatic heterocycles. The summed E-state index contributed by atoms with van der Waals surface area (Å²) in [6, 6.07) is 0. The summed E-state index contributed by atoms with van der Waals surface area (Å²) in [5.41, 5.74) is 3.20. The van der Waals surface area contributed by atoms with Crippen LogP contribution in [0.1, 0.15) is 65.7 Å². The summed E-state index contributed by atoms with van der Waals surface area (Å²) in [5, 5.41) is 19.5. The topological polar surface area (TPSA) is 40.5 Å².